The number of aliphatic carboxylic acids is 1. The molecule has 0 aliphatic carbocycles. The van der Waals surface area contributed by atoms with Crippen LogP contribution in [0.2, 0.25) is 0 Å². The minimum atomic E-state index is -5.08. The lowest BCUT2D eigenvalue weighted by atomic mass is 10.1. The number of carboxylic acids is 1. The number of ketones is 1. The third-order valence-corrected chi connectivity index (χ3v) is 1.67. The summed E-state index contributed by atoms with van der Waals surface area (Å²) < 4.78 is 31.7. The van der Waals surface area contributed by atoms with E-state index >= 15 is 0 Å². The molecule has 7 heteroatoms. The molecule has 2 N–H and O–H groups in total. The van der Waals surface area contributed by atoms with Gasteiger partial charge in [0.2, 0.25) is 0 Å². The molecule has 1 atom stereocenters. The summed E-state index contributed by atoms with van der Waals surface area (Å²) in [7, 11) is 0. The summed E-state index contributed by atoms with van der Waals surface area (Å²) in [6, 6.07) is 0.413. The number of hydrogen-bond acceptors (Lipinski definition) is 3. The fourth-order valence-electron chi connectivity index (χ4n) is 0.974. The van der Waals surface area contributed by atoms with Crippen LogP contribution in [0.5, 0.6) is 0 Å². The molecule has 0 aromatic rings. The second kappa shape index (κ2) is 5.69. The molecule has 1 rings (SSSR count). The maximum Gasteiger partial charge on any atom is 0.490 e. The Balaban J connectivity index is 0.000000265. The van der Waals surface area contributed by atoms with Crippen molar-refractivity contribution in [2.75, 3.05) is 6.54 Å². The van der Waals surface area contributed by atoms with Crippen LogP contribution in [-0.4, -0.2) is 35.6 Å². The lowest BCUT2D eigenvalue weighted by Gasteiger charge is -2.17. The van der Waals surface area contributed by atoms with E-state index in [0.29, 0.717) is 11.8 Å². The number of piperidine rings is 1. The van der Waals surface area contributed by atoms with Crippen LogP contribution in [0.1, 0.15) is 19.8 Å². The van der Waals surface area contributed by atoms with Crippen LogP contribution in [0.4, 0.5) is 13.2 Å². The second-order valence-electron chi connectivity index (χ2n) is 3.15. The van der Waals surface area contributed by atoms with Crippen LogP contribution in [0.3, 0.4) is 0 Å². The van der Waals surface area contributed by atoms with Gasteiger partial charge in [-0.2, -0.15) is 13.2 Å². The lowest BCUT2D eigenvalue weighted by molar-refractivity contribution is -0.192. The maximum atomic E-state index is 10.6. The highest BCUT2D eigenvalue weighted by Crippen LogP contribution is 2.13. The minimum Gasteiger partial charge on any atom is -0.475 e. The first-order valence-corrected chi connectivity index (χ1v) is 4.28. The van der Waals surface area contributed by atoms with Crippen molar-refractivity contribution in [3.63, 3.8) is 0 Å². The van der Waals surface area contributed by atoms with E-state index in [-0.39, 0.29) is 0 Å². The average Bonchev–Trinajstić information content (AvgIpc) is 2.02. The first-order valence-electron chi connectivity index (χ1n) is 4.28. The zero-order valence-electron chi connectivity index (χ0n) is 8.10. The Labute approximate surface area is 84.5 Å². The third-order valence-electron chi connectivity index (χ3n) is 1.67. The number of nitrogens with one attached hydrogen (secondary N) is 1. The molecule has 4 nitrogen and oxygen atoms in total. The summed E-state index contributed by atoms with van der Waals surface area (Å²) in [5.74, 6) is -2.36. The molecular weight excluding hydrogens is 215 g/mol. The molecule has 0 aromatic carbocycles. The number of halogens is 3. The van der Waals surface area contributed by atoms with Crippen LogP contribution >= 0.6 is 0 Å². The molecular formula is C8H12F3NO3. The van der Waals surface area contributed by atoms with Gasteiger partial charge >= 0.3 is 12.1 Å². The first-order chi connectivity index (χ1) is 6.73. The van der Waals surface area contributed by atoms with E-state index in [9.17, 15) is 18.0 Å². The molecule has 1 saturated heterocycles. The number of hydrogen-bond donors (Lipinski definition) is 2. The van der Waals surface area contributed by atoms with Crippen LogP contribution in [-0.2, 0) is 9.59 Å². The standard InChI is InChI=1S/C6H11NO.C2HF3O2/c1-5-4-6(8)2-3-7-5;3-2(4,5)1(6)7/h5,7H,2-4H2,1H3;(H,6,7). The van der Waals surface area contributed by atoms with Gasteiger partial charge in [-0.05, 0) is 6.92 Å². The minimum absolute atomic E-state index is 0.399. The number of carbonyl (C=O) groups excluding carboxylic acids is 1. The summed E-state index contributed by atoms with van der Waals surface area (Å²) >= 11 is 0. The van der Waals surface area contributed by atoms with Crippen molar-refractivity contribution >= 4 is 11.8 Å². The van der Waals surface area contributed by atoms with Gasteiger partial charge < -0.3 is 10.4 Å². The van der Waals surface area contributed by atoms with Gasteiger partial charge in [0.05, 0.1) is 0 Å². The number of carbonyl (C=O) groups is 2. The van der Waals surface area contributed by atoms with Gasteiger partial charge in [-0.3, -0.25) is 4.79 Å². The Bertz CT molecular complexity index is 240. The molecule has 15 heavy (non-hydrogen) atoms. The fraction of sp³-hybridized carbons (Fsp3) is 0.750. The largest absolute Gasteiger partial charge is 0.490 e. The number of Topliss-reactive ketones (excluding diaryl/α,β-unsaturated/α-hetero) is 1. The van der Waals surface area contributed by atoms with Crippen molar-refractivity contribution < 1.29 is 27.9 Å². The number of alkyl halides is 3. The predicted octanol–water partition coefficient (Wildman–Crippen LogP) is 0.961. The Morgan fingerprint density at radius 3 is 2.20 bits per heavy atom. The fourth-order valence-corrected chi connectivity index (χ4v) is 0.974. The third kappa shape index (κ3) is 6.89. The van der Waals surface area contributed by atoms with Gasteiger partial charge in [0, 0.05) is 25.4 Å². The Morgan fingerprint density at radius 1 is 1.53 bits per heavy atom. The number of carboxylic acid groups (broad SMARTS) is 1. The average molecular weight is 227 g/mol. The van der Waals surface area contributed by atoms with E-state index in [0.717, 1.165) is 19.4 Å². The molecule has 0 spiro atoms. The highest BCUT2D eigenvalue weighted by Gasteiger charge is 2.38. The zero-order chi connectivity index (χ0) is 12.1. The monoisotopic (exact) mass is 227 g/mol. The molecule has 1 fully saturated rings. The molecule has 0 aromatic heterocycles. The van der Waals surface area contributed by atoms with Crippen molar-refractivity contribution in [3.05, 3.63) is 0 Å². The normalized spacial score (nSPS) is 21.6. The molecule has 0 amide bonds. The van der Waals surface area contributed by atoms with E-state index in [4.69, 9.17) is 9.90 Å². The summed E-state index contributed by atoms with van der Waals surface area (Å²) in [5.41, 5.74) is 0. The molecule has 1 aliphatic rings. The van der Waals surface area contributed by atoms with Gasteiger partial charge in [-0.15, -0.1) is 0 Å². The number of rotatable bonds is 0. The molecule has 1 aliphatic heterocycles. The summed E-state index contributed by atoms with van der Waals surface area (Å²) in [6.07, 6.45) is -3.63. The maximum absolute atomic E-state index is 10.6. The molecule has 0 radical (unpaired) electrons. The Kier molecular flexibility index (Phi) is 5.27. The van der Waals surface area contributed by atoms with Crippen molar-refractivity contribution in [2.45, 2.75) is 32.0 Å². The van der Waals surface area contributed by atoms with E-state index in [1.807, 2.05) is 6.92 Å². The molecule has 0 saturated carbocycles. The quantitative estimate of drug-likeness (QED) is 0.646. The van der Waals surface area contributed by atoms with Crippen LogP contribution in [0.25, 0.3) is 0 Å². The first kappa shape index (κ1) is 13.9. The van der Waals surface area contributed by atoms with Crippen molar-refractivity contribution in [2.24, 2.45) is 0 Å². The van der Waals surface area contributed by atoms with Crippen molar-refractivity contribution in [1.29, 1.82) is 0 Å². The van der Waals surface area contributed by atoms with Gasteiger partial charge in [0.15, 0.2) is 0 Å². The predicted molar refractivity (Wildman–Crippen MR) is 45.4 cm³/mol. The summed E-state index contributed by atoms with van der Waals surface area (Å²) in [6.45, 7) is 2.91. The summed E-state index contributed by atoms with van der Waals surface area (Å²) in [4.78, 5) is 19.5. The van der Waals surface area contributed by atoms with Crippen LogP contribution in [0, 0.1) is 0 Å². The smallest absolute Gasteiger partial charge is 0.475 e. The zero-order valence-corrected chi connectivity index (χ0v) is 8.10. The van der Waals surface area contributed by atoms with Gasteiger partial charge in [0.25, 0.3) is 0 Å². The van der Waals surface area contributed by atoms with E-state index < -0.39 is 12.1 Å². The topological polar surface area (TPSA) is 66.4 Å². The van der Waals surface area contributed by atoms with Gasteiger partial charge in [0.1, 0.15) is 5.78 Å². The summed E-state index contributed by atoms with van der Waals surface area (Å²) in [5, 5.41) is 10.3. The van der Waals surface area contributed by atoms with E-state index in [1.54, 1.807) is 0 Å². The van der Waals surface area contributed by atoms with Crippen molar-refractivity contribution in [1.82, 2.24) is 5.32 Å². The van der Waals surface area contributed by atoms with E-state index in [2.05, 4.69) is 5.32 Å². The molecule has 1 heterocycles. The SMILES string of the molecule is CC1CC(=O)CCN1.O=C(O)C(F)(F)F. The van der Waals surface area contributed by atoms with Crippen molar-refractivity contribution in [3.8, 4) is 0 Å². The van der Waals surface area contributed by atoms with Crippen LogP contribution in [0.15, 0.2) is 0 Å². The lowest BCUT2D eigenvalue weighted by Crippen LogP contribution is -2.35. The highest BCUT2D eigenvalue weighted by atomic mass is 19.4. The van der Waals surface area contributed by atoms with Crippen LogP contribution < -0.4 is 5.32 Å². The highest BCUT2D eigenvalue weighted by molar-refractivity contribution is 5.79. The second-order valence-corrected chi connectivity index (χ2v) is 3.15. The Hall–Kier alpha value is -1.11. The molecule has 88 valence electrons. The Morgan fingerprint density at radius 2 is 2.00 bits per heavy atom. The molecule has 1 unspecified atom stereocenters. The van der Waals surface area contributed by atoms with Gasteiger partial charge in [-0.25, -0.2) is 4.79 Å². The molecule has 0 bridgehead atoms. The van der Waals surface area contributed by atoms with E-state index in [1.165, 1.54) is 0 Å². The van der Waals surface area contributed by atoms with Gasteiger partial charge in [-0.1, -0.05) is 0 Å².